The third-order valence-corrected chi connectivity index (χ3v) is 3.90. The fourth-order valence-corrected chi connectivity index (χ4v) is 2.73. The van der Waals surface area contributed by atoms with E-state index in [0.29, 0.717) is 30.5 Å². The lowest BCUT2D eigenvalue weighted by Crippen LogP contribution is -2.34. The Kier molecular flexibility index (Phi) is 7.15. The van der Waals surface area contributed by atoms with E-state index >= 15 is 0 Å². The smallest absolute Gasteiger partial charge is 0.251 e. The van der Waals surface area contributed by atoms with Crippen LogP contribution in [0.5, 0.6) is 0 Å². The number of halogens is 1. The maximum atomic E-state index is 12.1. The van der Waals surface area contributed by atoms with Crippen LogP contribution >= 0.6 is 12.4 Å². The first-order valence-corrected chi connectivity index (χ1v) is 7.30. The Balaban J connectivity index is 0.00000220. The van der Waals surface area contributed by atoms with Crippen molar-refractivity contribution in [3.05, 3.63) is 35.4 Å². The summed E-state index contributed by atoms with van der Waals surface area (Å²) in [5, 5.41) is 3.01. The molecule has 5 heteroatoms. The topological polar surface area (TPSA) is 64.3 Å². The van der Waals surface area contributed by atoms with Gasteiger partial charge in [-0.05, 0) is 30.0 Å². The predicted octanol–water partition coefficient (Wildman–Crippen LogP) is 2.36. The van der Waals surface area contributed by atoms with Gasteiger partial charge in [0, 0.05) is 31.2 Å². The monoisotopic (exact) mass is 312 g/mol. The summed E-state index contributed by atoms with van der Waals surface area (Å²) in [6, 6.07) is 7.43. The fraction of sp³-hybridized carbons (Fsp3) is 0.562. The fourth-order valence-electron chi connectivity index (χ4n) is 2.73. The summed E-state index contributed by atoms with van der Waals surface area (Å²) in [5.41, 5.74) is 7.26. The maximum Gasteiger partial charge on any atom is 0.251 e. The molecule has 0 saturated carbocycles. The molecule has 0 bridgehead atoms. The van der Waals surface area contributed by atoms with Gasteiger partial charge in [0.2, 0.25) is 0 Å². The summed E-state index contributed by atoms with van der Waals surface area (Å²) < 4.78 is 5.73. The van der Waals surface area contributed by atoms with E-state index in [1.807, 2.05) is 24.3 Å². The van der Waals surface area contributed by atoms with Crippen molar-refractivity contribution in [2.75, 3.05) is 13.2 Å². The average Bonchev–Trinajstić information content (AvgIpc) is 2.93. The molecule has 118 valence electrons. The van der Waals surface area contributed by atoms with Crippen molar-refractivity contribution in [3.63, 3.8) is 0 Å². The van der Waals surface area contributed by atoms with Gasteiger partial charge in [-0.2, -0.15) is 0 Å². The van der Waals surface area contributed by atoms with Crippen LogP contribution in [-0.4, -0.2) is 25.2 Å². The highest BCUT2D eigenvalue weighted by Crippen LogP contribution is 2.26. The third-order valence-electron chi connectivity index (χ3n) is 3.90. The normalized spacial score (nSPS) is 21.1. The molecule has 3 N–H and O–H groups in total. The third kappa shape index (κ3) is 4.70. The lowest BCUT2D eigenvalue weighted by atomic mass is 9.93. The van der Waals surface area contributed by atoms with E-state index in [-0.39, 0.29) is 24.4 Å². The zero-order valence-electron chi connectivity index (χ0n) is 12.7. The standard InChI is InChI=1S/C16H24N2O2.ClH/c1-11(2)15-14(7-8-20-15)10-18-16(19)13-5-3-12(9-17)4-6-13;/h3-6,11,14-15H,7-10,17H2,1-2H3,(H,18,19);1H. The molecule has 1 amide bonds. The van der Waals surface area contributed by atoms with E-state index in [1.165, 1.54) is 0 Å². The van der Waals surface area contributed by atoms with Crippen molar-refractivity contribution in [1.29, 1.82) is 0 Å². The summed E-state index contributed by atoms with van der Waals surface area (Å²) in [6.45, 7) is 6.30. The van der Waals surface area contributed by atoms with E-state index in [2.05, 4.69) is 19.2 Å². The van der Waals surface area contributed by atoms with E-state index < -0.39 is 0 Å². The van der Waals surface area contributed by atoms with Gasteiger partial charge < -0.3 is 15.8 Å². The van der Waals surface area contributed by atoms with Gasteiger partial charge in [0.25, 0.3) is 5.91 Å². The highest BCUT2D eigenvalue weighted by atomic mass is 35.5. The largest absolute Gasteiger partial charge is 0.378 e. The van der Waals surface area contributed by atoms with Gasteiger partial charge in [0.05, 0.1) is 6.10 Å². The first-order chi connectivity index (χ1) is 9.61. The van der Waals surface area contributed by atoms with Crippen LogP contribution in [0.3, 0.4) is 0 Å². The number of carbonyl (C=O) groups excluding carboxylic acids is 1. The Morgan fingerprint density at radius 2 is 2.05 bits per heavy atom. The van der Waals surface area contributed by atoms with Crippen LogP contribution < -0.4 is 11.1 Å². The zero-order valence-corrected chi connectivity index (χ0v) is 13.5. The molecule has 1 aromatic rings. The zero-order chi connectivity index (χ0) is 14.5. The van der Waals surface area contributed by atoms with Crippen molar-refractivity contribution in [2.24, 2.45) is 17.6 Å². The number of hydrogen-bond donors (Lipinski definition) is 2. The second-order valence-electron chi connectivity index (χ2n) is 5.74. The van der Waals surface area contributed by atoms with E-state index in [0.717, 1.165) is 18.6 Å². The van der Waals surface area contributed by atoms with Gasteiger partial charge in [-0.15, -0.1) is 12.4 Å². The molecule has 0 aromatic heterocycles. The second-order valence-corrected chi connectivity index (χ2v) is 5.74. The van der Waals surface area contributed by atoms with Gasteiger partial charge in [-0.1, -0.05) is 26.0 Å². The molecule has 1 saturated heterocycles. The molecule has 21 heavy (non-hydrogen) atoms. The average molecular weight is 313 g/mol. The van der Waals surface area contributed by atoms with Gasteiger partial charge in [0.15, 0.2) is 0 Å². The highest BCUT2D eigenvalue weighted by Gasteiger charge is 2.30. The number of nitrogens with one attached hydrogen (secondary N) is 1. The molecule has 1 aliphatic heterocycles. The van der Waals surface area contributed by atoms with Crippen LogP contribution in [0.25, 0.3) is 0 Å². The molecular formula is C16H25ClN2O2. The minimum atomic E-state index is -0.0250. The summed E-state index contributed by atoms with van der Waals surface area (Å²) in [7, 11) is 0. The Bertz CT molecular complexity index is 448. The molecule has 2 rings (SSSR count). The number of ether oxygens (including phenoxy) is 1. The van der Waals surface area contributed by atoms with Crippen molar-refractivity contribution >= 4 is 18.3 Å². The van der Waals surface area contributed by atoms with E-state index in [9.17, 15) is 4.79 Å². The van der Waals surface area contributed by atoms with Crippen LogP contribution in [0.2, 0.25) is 0 Å². The first kappa shape index (κ1) is 18.0. The van der Waals surface area contributed by atoms with Gasteiger partial charge in [0.1, 0.15) is 0 Å². The minimum absolute atomic E-state index is 0. The number of rotatable bonds is 5. The van der Waals surface area contributed by atoms with Crippen molar-refractivity contribution in [2.45, 2.75) is 32.9 Å². The number of amides is 1. The second kappa shape index (κ2) is 8.37. The van der Waals surface area contributed by atoms with Crippen LogP contribution in [0.4, 0.5) is 0 Å². The molecule has 1 fully saturated rings. The lowest BCUT2D eigenvalue weighted by Gasteiger charge is -2.22. The van der Waals surface area contributed by atoms with E-state index in [1.54, 1.807) is 0 Å². The van der Waals surface area contributed by atoms with Crippen LogP contribution in [0.1, 0.15) is 36.2 Å². The van der Waals surface area contributed by atoms with Gasteiger partial charge in [-0.3, -0.25) is 4.79 Å². The summed E-state index contributed by atoms with van der Waals surface area (Å²) >= 11 is 0. The van der Waals surface area contributed by atoms with Crippen LogP contribution in [0, 0.1) is 11.8 Å². The molecule has 0 aliphatic carbocycles. The Morgan fingerprint density at radius 3 is 2.62 bits per heavy atom. The molecule has 0 spiro atoms. The van der Waals surface area contributed by atoms with E-state index in [4.69, 9.17) is 10.5 Å². The highest BCUT2D eigenvalue weighted by molar-refractivity contribution is 5.94. The lowest BCUT2D eigenvalue weighted by molar-refractivity contribution is 0.0533. The number of carbonyl (C=O) groups is 1. The molecule has 4 nitrogen and oxygen atoms in total. The molecule has 1 heterocycles. The maximum absolute atomic E-state index is 12.1. The number of nitrogens with two attached hydrogens (primary N) is 1. The number of benzene rings is 1. The van der Waals surface area contributed by atoms with Gasteiger partial charge >= 0.3 is 0 Å². The Hall–Kier alpha value is -1.10. The Labute approximate surface area is 132 Å². The minimum Gasteiger partial charge on any atom is -0.378 e. The molecule has 1 aromatic carbocycles. The van der Waals surface area contributed by atoms with Gasteiger partial charge in [-0.25, -0.2) is 0 Å². The molecular weight excluding hydrogens is 288 g/mol. The molecule has 0 radical (unpaired) electrons. The Morgan fingerprint density at radius 1 is 1.38 bits per heavy atom. The van der Waals surface area contributed by atoms with Crippen molar-refractivity contribution in [3.8, 4) is 0 Å². The molecule has 1 aliphatic rings. The van der Waals surface area contributed by atoms with Crippen molar-refractivity contribution in [1.82, 2.24) is 5.32 Å². The van der Waals surface area contributed by atoms with Crippen molar-refractivity contribution < 1.29 is 9.53 Å². The van der Waals surface area contributed by atoms with Crippen LogP contribution in [0.15, 0.2) is 24.3 Å². The molecule has 2 unspecified atom stereocenters. The quantitative estimate of drug-likeness (QED) is 0.877. The van der Waals surface area contributed by atoms with Crippen LogP contribution in [-0.2, 0) is 11.3 Å². The summed E-state index contributed by atoms with van der Waals surface area (Å²) in [5.74, 6) is 0.883. The number of hydrogen-bond acceptors (Lipinski definition) is 3. The predicted molar refractivity (Wildman–Crippen MR) is 86.6 cm³/mol. The summed E-state index contributed by atoms with van der Waals surface area (Å²) in [6.07, 6.45) is 1.28. The SMILES string of the molecule is CC(C)C1OCCC1CNC(=O)c1ccc(CN)cc1.Cl. The first-order valence-electron chi connectivity index (χ1n) is 7.30. The molecule has 2 atom stereocenters. The summed E-state index contributed by atoms with van der Waals surface area (Å²) in [4.78, 5) is 12.1.